The molecule has 0 aromatic heterocycles. The van der Waals surface area contributed by atoms with Crippen LogP contribution in [0.5, 0.6) is 0 Å². The van der Waals surface area contributed by atoms with Crippen LogP contribution >= 0.6 is 0 Å². The van der Waals surface area contributed by atoms with Gasteiger partial charge in [0, 0.05) is 0 Å². The molecule has 32 heavy (non-hydrogen) atoms. The van der Waals surface area contributed by atoms with Crippen LogP contribution in [0.25, 0.3) is 0 Å². The number of carboxylic acids is 2. The van der Waals surface area contributed by atoms with E-state index in [4.69, 9.17) is 0 Å². The number of rotatable bonds is 18. The van der Waals surface area contributed by atoms with Gasteiger partial charge in [0.15, 0.2) is 0 Å². The maximum atomic E-state index is 12.9. The Balaban J connectivity index is 3.14. The van der Waals surface area contributed by atoms with Crippen LogP contribution in [0.15, 0.2) is 0 Å². The van der Waals surface area contributed by atoms with Crippen LogP contribution in [0.1, 0.15) is 137 Å². The summed E-state index contributed by atoms with van der Waals surface area (Å²) in [6, 6.07) is 0. The number of carboxylic acid groups (broad SMARTS) is 2. The van der Waals surface area contributed by atoms with E-state index in [1.807, 2.05) is 0 Å². The number of carbonyl (C=O) groups is 2. The maximum absolute atomic E-state index is 12.9. The van der Waals surface area contributed by atoms with E-state index in [-0.39, 0.29) is 11.8 Å². The molecule has 188 valence electrons. The van der Waals surface area contributed by atoms with Gasteiger partial charge >= 0.3 is 11.9 Å². The first kappa shape index (κ1) is 29.0. The smallest absolute Gasteiger partial charge is 0.309 e. The number of unbranched alkanes of at least 4 members (excludes halogenated alkanes) is 4. The fraction of sp³-hybridized carbons (Fsp3) is 0.929. The van der Waals surface area contributed by atoms with E-state index in [9.17, 15) is 19.8 Å². The Morgan fingerprint density at radius 1 is 0.812 bits per heavy atom. The van der Waals surface area contributed by atoms with Gasteiger partial charge in [-0.15, -0.1) is 0 Å². The molecule has 4 nitrogen and oxygen atoms in total. The van der Waals surface area contributed by atoms with Gasteiger partial charge in [0.25, 0.3) is 0 Å². The minimum Gasteiger partial charge on any atom is -0.481 e. The van der Waals surface area contributed by atoms with Gasteiger partial charge in [-0.2, -0.15) is 0 Å². The molecule has 0 spiro atoms. The summed E-state index contributed by atoms with van der Waals surface area (Å²) in [5.74, 6) is -0.829. The van der Waals surface area contributed by atoms with Crippen LogP contribution in [0.2, 0.25) is 0 Å². The third-order valence-corrected chi connectivity index (χ3v) is 8.16. The standard InChI is InChI=1S/C28H52O4/c1-5-9-11-15-22(13-7-3)19-25-20-24(26(29)30)17-18-28(25,27(31)32)21-23(14-8-4)16-12-10-6-2/h22-25H,5-21H2,1-4H3,(H,29,30)(H,31,32). The zero-order valence-corrected chi connectivity index (χ0v) is 21.5. The Morgan fingerprint density at radius 2 is 1.38 bits per heavy atom. The molecule has 0 amide bonds. The Labute approximate surface area is 197 Å². The predicted molar refractivity (Wildman–Crippen MR) is 133 cm³/mol. The third kappa shape index (κ3) is 9.06. The molecular weight excluding hydrogens is 400 g/mol. The highest BCUT2D eigenvalue weighted by molar-refractivity contribution is 5.76. The van der Waals surface area contributed by atoms with Crippen molar-refractivity contribution in [2.75, 3.05) is 0 Å². The van der Waals surface area contributed by atoms with Crippen LogP contribution in [-0.2, 0) is 9.59 Å². The summed E-state index contributed by atoms with van der Waals surface area (Å²) in [5, 5.41) is 20.3. The fourth-order valence-electron chi connectivity index (χ4n) is 6.34. The van der Waals surface area contributed by atoms with Gasteiger partial charge in [0.1, 0.15) is 0 Å². The van der Waals surface area contributed by atoms with E-state index in [1.54, 1.807) is 0 Å². The third-order valence-electron chi connectivity index (χ3n) is 8.16. The molecule has 1 aliphatic carbocycles. The van der Waals surface area contributed by atoms with Gasteiger partial charge < -0.3 is 10.2 Å². The first-order chi connectivity index (χ1) is 15.3. The lowest BCUT2D eigenvalue weighted by Crippen LogP contribution is -2.46. The van der Waals surface area contributed by atoms with E-state index in [0.717, 1.165) is 51.4 Å². The molecule has 0 aromatic carbocycles. The summed E-state index contributed by atoms with van der Waals surface area (Å²) in [6.45, 7) is 8.84. The van der Waals surface area contributed by atoms with Gasteiger partial charge in [-0.1, -0.05) is 105 Å². The summed E-state index contributed by atoms with van der Waals surface area (Å²) in [5.41, 5.74) is -0.741. The van der Waals surface area contributed by atoms with Crippen molar-refractivity contribution >= 4 is 11.9 Å². The van der Waals surface area contributed by atoms with E-state index in [1.165, 1.54) is 38.5 Å². The van der Waals surface area contributed by atoms with Crippen LogP contribution in [-0.4, -0.2) is 22.2 Å². The Bertz CT molecular complexity index is 532. The summed E-state index contributed by atoms with van der Waals surface area (Å²) in [4.78, 5) is 24.7. The second-order valence-corrected chi connectivity index (χ2v) is 10.7. The van der Waals surface area contributed by atoms with Crippen molar-refractivity contribution in [3.8, 4) is 0 Å². The molecule has 4 heteroatoms. The molecule has 0 saturated heterocycles. The van der Waals surface area contributed by atoms with Gasteiger partial charge in [0.2, 0.25) is 0 Å². The summed E-state index contributed by atoms with van der Waals surface area (Å²) >= 11 is 0. The lowest BCUT2D eigenvalue weighted by Gasteiger charge is -2.46. The number of hydrogen-bond acceptors (Lipinski definition) is 2. The second kappa shape index (κ2) is 15.7. The minimum atomic E-state index is -0.741. The van der Waals surface area contributed by atoms with Crippen LogP contribution in [0.4, 0.5) is 0 Å². The number of aliphatic carboxylic acids is 2. The molecule has 1 fully saturated rings. The maximum Gasteiger partial charge on any atom is 0.309 e. The van der Waals surface area contributed by atoms with Crippen molar-refractivity contribution in [3.63, 3.8) is 0 Å². The van der Waals surface area contributed by atoms with Gasteiger partial charge in [-0.05, 0) is 49.9 Å². The highest BCUT2D eigenvalue weighted by Gasteiger charge is 2.51. The molecule has 0 aliphatic heterocycles. The Morgan fingerprint density at radius 3 is 1.88 bits per heavy atom. The van der Waals surface area contributed by atoms with Crippen molar-refractivity contribution in [3.05, 3.63) is 0 Å². The van der Waals surface area contributed by atoms with Crippen LogP contribution in [0.3, 0.4) is 0 Å². The topological polar surface area (TPSA) is 74.6 Å². The minimum absolute atomic E-state index is 0.0152. The zero-order chi connectivity index (χ0) is 24.0. The molecule has 5 unspecified atom stereocenters. The van der Waals surface area contributed by atoms with Gasteiger partial charge in [-0.25, -0.2) is 0 Å². The molecule has 0 radical (unpaired) electrons. The van der Waals surface area contributed by atoms with E-state index in [2.05, 4.69) is 27.7 Å². The van der Waals surface area contributed by atoms with Crippen molar-refractivity contribution in [1.29, 1.82) is 0 Å². The van der Waals surface area contributed by atoms with Gasteiger partial charge in [0.05, 0.1) is 11.3 Å². The number of hydrogen-bond donors (Lipinski definition) is 2. The van der Waals surface area contributed by atoms with Crippen LogP contribution < -0.4 is 0 Å². The van der Waals surface area contributed by atoms with E-state index in [0.29, 0.717) is 31.1 Å². The molecule has 1 aliphatic rings. The summed E-state index contributed by atoms with van der Waals surface area (Å²) in [6.07, 6.45) is 17.1. The fourth-order valence-corrected chi connectivity index (χ4v) is 6.34. The molecule has 1 rings (SSSR count). The molecular formula is C28H52O4. The summed E-state index contributed by atoms with van der Waals surface area (Å²) < 4.78 is 0. The average molecular weight is 453 g/mol. The average Bonchev–Trinajstić information content (AvgIpc) is 2.75. The van der Waals surface area contributed by atoms with E-state index < -0.39 is 17.4 Å². The molecule has 0 heterocycles. The molecule has 0 bridgehead atoms. The van der Waals surface area contributed by atoms with E-state index >= 15 is 0 Å². The lowest BCUT2D eigenvalue weighted by molar-refractivity contribution is -0.163. The van der Waals surface area contributed by atoms with Gasteiger partial charge in [-0.3, -0.25) is 9.59 Å². The lowest BCUT2D eigenvalue weighted by atomic mass is 9.57. The van der Waals surface area contributed by atoms with Crippen LogP contribution in [0, 0.1) is 29.1 Å². The van der Waals surface area contributed by atoms with Crippen molar-refractivity contribution in [2.45, 2.75) is 137 Å². The van der Waals surface area contributed by atoms with Crippen molar-refractivity contribution in [1.82, 2.24) is 0 Å². The largest absolute Gasteiger partial charge is 0.481 e. The highest BCUT2D eigenvalue weighted by atomic mass is 16.4. The monoisotopic (exact) mass is 452 g/mol. The molecule has 5 atom stereocenters. The Kier molecular flexibility index (Phi) is 14.2. The predicted octanol–water partition coefficient (Wildman–Crippen LogP) is 8.33. The Hall–Kier alpha value is -1.06. The first-order valence-corrected chi connectivity index (χ1v) is 13.8. The summed E-state index contributed by atoms with van der Waals surface area (Å²) in [7, 11) is 0. The highest BCUT2D eigenvalue weighted by Crippen LogP contribution is 2.52. The second-order valence-electron chi connectivity index (χ2n) is 10.7. The normalized spacial score (nSPS) is 25.4. The van der Waals surface area contributed by atoms with Crippen molar-refractivity contribution < 1.29 is 19.8 Å². The molecule has 2 N–H and O–H groups in total. The quantitative estimate of drug-likeness (QED) is 0.205. The first-order valence-electron chi connectivity index (χ1n) is 13.8. The molecule has 1 saturated carbocycles. The zero-order valence-electron chi connectivity index (χ0n) is 21.5. The van der Waals surface area contributed by atoms with Crippen molar-refractivity contribution in [2.24, 2.45) is 29.1 Å². The SMILES string of the molecule is CCCCCC(CCC)CC1CC(C(=O)O)CCC1(CC(CCC)CCCCC)C(=O)O. The molecule has 0 aromatic rings.